The molecule has 0 spiro atoms. The summed E-state index contributed by atoms with van der Waals surface area (Å²) in [7, 11) is 0. The number of aliphatic hydroxyl groups is 1. The highest BCUT2D eigenvalue weighted by molar-refractivity contribution is 5.95. The first-order chi connectivity index (χ1) is 13.9. The standard InChI is InChI=1S/C17H32N6O7/c1-8(14(26)22-11(17(29)30)5-3-4-6-18)21-16(28)13(9(2)24)23-15(27)10(19)7-12(20)25/h8-11,13,24H,3-7,18-19H2,1-2H3,(H2,20,25)(H,21,28)(H,22,26)(H,23,27)(H,29,30). The molecule has 0 heterocycles. The third kappa shape index (κ3) is 10.1. The predicted octanol–water partition coefficient (Wildman–Crippen LogP) is -3.74. The maximum Gasteiger partial charge on any atom is 0.326 e. The Morgan fingerprint density at radius 2 is 1.53 bits per heavy atom. The third-order valence-corrected chi connectivity index (χ3v) is 4.13. The van der Waals surface area contributed by atoms with Crippen molar-refractivity contribution in [3.8, 4) is 0 Å². The molecule has 0 aromatic carbocycles. The van der Waals surface area contributed by atoms with Crippen molar-refractivity contribution in [2.45, 2.75) is 69.8 Å². The number of carbonyl (C=O) groups is 5. The molecule has 0 aromatic heterocycles. The van der Waals surface area contributed by atoms with E-state index in [2.05, 4.69) is 16.0 Å². The lowest BCUT2D eigenvalue weighted by Crippen LogP contribution is -2.59. The molecule has 0 bridgehead atoms. The van der Waals surface area contributed by atoms with Gasteiger partial charge in [-0.15, -0.1) is 0 Å². The van der Waals surface area contributed by atoms with Gasteiger partial charge >= 0.3 is 5.97 Å². The molecule has 0 rings (SSSR count). The molecule has 0 saturated carbocycles. The molecule has 30 heavy (non-hydrogen) atoms. The van der Waals surface area contributed by atoms with Crippen LogP contribution in [0.2, 0.25) is 0 Å². The van der Waals surface area contributed by atoms with E-state index < -0.39 is 66.3 Å². The number of carboxylic acid groups (broad SMARTS) is 1. The molecule has 0 saturated heterocycles. The van der Waals surface area contributed by atoms with Crippen molar-refractivity contribution in [2.24, 2.45) is 17.2 Å². The first kappa shape index (κ1) is 27.2. The molecule has 13 nitrogen and oxygen atoms in total. The molecule has 5 atom stereocenters. The van der Waals surface area contributed by atoms with E-state index in [-0.39, 0.29) is 6.42 Å². The second-order valence-electron chi connectivity index (χ2n) is 6.92. The van der Waals surface area contributed by atoms with Gasteiger partial charge in [0.05, 0.1) is 18.6 Å². The number of hydrogen-bond donors (Lipinski definition) is 8. The summed E-state index contributed by atoms with van der Waals surface area (Å²) in [6.07, 6.45) is -0.550. The Morgan fingerprint density at radius 3 is 2.00 bits per heavy atom. The number of amides is 4. The van der Waals surface area contributed by atoms with E-state index in [1.54, 1.807) is 0 Å². The molecule has 0 aliphatic rings. The number of nitrogens with two attached hydrogens (primary N) is 3. The predicted molar refractivity (Wildman–Crippen MR) is 105 cm³/mol. The third-order valence-electron chi connectivity index (χ3n) is 4.13. The quantitative estimate of drug-likeness (QED) is 0.126. The van der Waals surface area contributed by atoms with Gasteiger partial charge < -0.3 is 43.4 Å². The van der Waals surface area contributed by atoms with Crippen molar-refractivity contribution in [3.63, 3.8) is 0 Å². The zero-order valence-electron chi connectivity index (χ0n) is 17.1. The molecular weight excluding hydrogens is 400 g/mol. The van der Waals surface area contributed by atoms with Crippen molar-refractivity contribution >= 4 is 29.6 Å². The van der Waals surface area contributed by atoms with Crippen LogP contribution in [0, 0.1) is 0 Å². The Morgan fingerprint density at radius 1 is 0.933 bits per heavy atom. The number of aliphatic hydroxyl groups excluding tert-OH is 1. The molecule has 172 valence electrons. The minimum atomic E-state index is -1.47. The summed E-state index contributed by atoms with van der Waals surface area (Å²) in [5, 5.41) is 25.8. The zero-order valence-corrected chi connectivity index (χ0v) is 17.1. The van der Waals surface area contributed by atoms with Crippen molar-refractivity contribution < 1.29 is 34.2 Å². The molecule has 0 fully saturated rings. The Bertz CT molecular complexity index is 628. The number of carbonyl (C=O) groups excluding carboxylic acids is 4. The fourth-order valence-corrected chi connectivity index (χ4v) is 2.39. The number of primary amides is 1. The second kappa shape index (κ2) is 13.5. The topological polar surface area (TPSA) is 240 Å². The van der Waals surface area contributed by atoms with E-state index in [1.807, 2.05) is 0 Å². The van der Waals surface area contributed by atoms with Gasteiger partial charge in [0.15, 0.2) is 0 Å². The van der Waals surface area contributed by atoms with Gasteiger partial charge in [-0.05, 0) is 39.7 Å². The summed E-state index contributed by atoms with van der Waals surface area (Å²) in [6.45, 7) is 2.93. The molecular formula is C17H32N6O7. The van der Waals surface area contributed by atoms with Crippen LogP contribution in [0.15, 0.2) is 0 Å². The smallest absolute Gasteiger partial charge is 0.326 e. The molecule has 13 heteroatoms. The monoisotopic (exact) mass is 432 g/mol. The summed E-state index contributed by atoms with van der Waals surface area (Å²) < 4.78 is 0. The highest BCUT2D eigenvalue weighted by Gasteiger charge is 2.31. The Labute approximate surface area is 174 Å². The van der Waals surface area contributed by atoms with Crippen molar-refractivity contribution in [1.29, 1.82) is 0 Å². The van der Waals surface area contributed by atoms with Crippen LogP contribution < -0.4 is 33.2 Å². The van der Waals surface area contributed by atoms with E-state index in [0.29, 0.717) is 19.4 Å². The van der Waals surface area contributed by atoms with Gasteiger partial charge in [-0.25, -0.2) is 4.79 Å². The van der Waals surface area contributed by atoms with Crippen molar-refractivity contribution in [2.75, 3.05) is 6.54 Å². The number of rotatable bonds is 14. The van der Waals surface area contributed by atoms with E-state index >= 15 is 0 Å². The van der Waals surface area contributed by atoms with Crippen LogP contribution in [0.3, 0.4) is 0 Å². The van der Waals surface area contributed by atoms with Gasteiger partial charge in [0.25, 0.3) is 0 Å². The summed E-state index contributed by atoms with van der Waals surface area (Å²) in [5.74, 6) is -4.60. The first-order valence-electron chi connectivity index (χ1n) is 9.46. The summed E-state index contributed by atoms with van der Waals surface area (Å²) in [5.41, 5.74) is 15.8. The first-order valence-corrected chi connectivity index (χ1v) is 9.46. The molecule has 0 radical (unpaired) electrons. The average molecular weight is 432 g/mol. The lowest BCUT2D eigenvalue weighted by Gasteiger charge is -2.25. The van der Waals surface area contributed by atoms with Crippen LogP contribution in [0.1, 0.15) is 39.5 Å². The van der Waals surface area contributed by atoms with Crippen LogP contribution in [-0.2, 0) is 24.0 Å². The van der Waals surface area contributed by atoms with Crippen LogP contribution in [0.25, 0.3) is 0 Å². The lowest BCUT2D eigenvalue weighted by molar-refractivity contribution is -0.142. The summed E-state index contributed by atoms with van der Waals surface area (Å²) >= 11 is 0. The number of carboxylic acids is 1. The van der Waals surface area contributed by atoms with Gasteiger partial charge in [0, 0.05) is 0 Å². The fourth-order valence-electron chi connectivity index (χ4n) is 2.39. The van der Waals surface area contributed by atoms with Gasteiger partial charge in [0.1, 0.15) is 18.1 Å². The van der Waals surface area contributed by atoms with E-state index in [1.165, 1.54) is 13.8 Å². The van der Waals surface area contributed by atoms with Crippen LogP contribution in [0.5, 0.6) is 0 Å². The fraction of sp³-hybridized carbons (Fsp3) is 0.706. The van der Waals surface area contributed by atoms with Gasteiger partial charge in [-0.2, -0.15) is 0 Å². The van der Waals surface area contributed by atoms with E-state index in [4.69, 9.17) is 17.2 Å². The lowest BCUT2D eigenvalue weighted by atomic mass is 10.1. The molecule has 11 N–H and O–H groups in total. The molecule has 4 amide bonds. The molecule has 0 aliphatic heterocycles. The second-order valence-corrected chi connectivity index (χ2v) is 6.92. The maximum atomic E-state index is 12.4. The van der Waals surface area contributed by atoms with E-state index in [9.17, 15) is 34.2 Å². The molecule has 0 aliphatic carbocycles. The number of aliphatic carboxylic acids is 1. The molecule has 0 aromatic rings. The molecule has 5 unspecified atom stereocenters. The van der Waals surface area contributed by atoms with Gasteiger partial charge in [-0.3, -0.25) is 19.2 Å². The largest absolute Gasteiger partial charge is 0.480 e. The number of unbranched alkanes of at least 4 members (excludes halogenated alkanes) is 1. The highest BCUT2D eigenvalue weighted by Crippen LogP contribution is 2.02. The van der Waals surface area contributed by atoms with Crippen LogP contribution in [0.4, 0.5) is 0 Å². The number of hydrogen-bond acceptors (Lipinski definition) is 8. The zero-order chi connectivity index (χ0) is 23.4. The minimum absolute atomic E-state index is 0.170. The maximum absolute atomic E-state index is 12.4. The van der Waals surface area contributed by atoms with Gasteiger partial charge in [-0.1, -0.05) is 0 Å². The average Bonchev–Trinajstić information content (AvgIpc) is 2.63. The Balaban J connectivity index is 4.93. The van der Waals surface area contributed by atoms with Crippen LogP contribution >= 0.6 is 0 Å². The normalized spacial score (nSPS) is 15.8. The minimum Gasteiger partial charge on any atom is -0.480 e. The summed E-state index contributed by atoms with van der Waals surface area (Å²) in [6, 6.07) is -5.10. The van der Waals surface area contributed by atoms with Crippen LogP contribution in [-0.4, -0.2) is 76.6 Å². The SMILES string of the molecule is CC(NC(=O)C(NC(=O)C(N)CC(N)=O)C(C)O)C(=O)NC(CCCCN)C(=O)O. The number of nitrogens with one attached hydrogen (secondary N) is 3. The Kier molecular flexibility index (Phi) is 12.2. The Hall–Kier alpha value is -2.77. The van der Waals surface area contributed by atoms with Gasteiger partial charge in [0.2, 0.25) is 23.6 Å². The highest BCUT2D eigenvalue weighted by atomic mass is 16.4. The van der Waals surface area contributed by atoms with Crippen molar-refractivity contribution in [1.82, 2.24) is 16.0 Å². The summed E-state index contributed by atoms with van der Waals surface area (Å²) in [4.78, 5) is 58.7. The van der Waals surface area contributed by atoms with E-state index in [0.717, 1.165) is 0 Å². The van der Waals surface area contributed by atoms with Crippen molar-refractivity contribution in [3.05, 3.63) is 0 Å².